The molecule has 5 aromatic rings. The molecule has 6 heteroatoms. The first-order valence-corrected chi connectivity index (χ1v) is 9.29. The number of pyridine rings is 1. The summed E-state index contributed by atoms with van der Waals surface area (Å²) in [5.41, 5.74) is 12.2. The van der Waals surface area contributed by atoms with Crippen molar-refractivity contribution >= 4 is 28.2 Å². The van der Waals surface area contributed by atoms with Gasteiger partial charge in [-0.2, -0.15) is 5.10 Å². The zero-order chi connectivity index (χ0) is 19.8. The van der Waals surface area contributed by atoms with Gasteiger partial charge in [0.25, 0.3) is 0 Å². The minimum absolute atomic E-state index is 0.728. The second-order valence-electron chi connectivity index (χ2n) is 6.90. The maximum absolute atomic E-state index is 5.76. The fourth-order valence-corrected chi connectivity index (χ4v) is 3.36. The number of anilines is 3. The van der Waals surface area contributed by atoms with Gasteiger partial charge in [0.1, 0.15) is 11.4 Å². The van der Waals surface area contributed by atoms with Crippen LogP contribution in [0.1, 0.15) is 5.69 Å². The monoisotopic (exact) mass is 381 g/mol. The van der Waals surface area contributed by atoms with Gasteiger partial charge < -0.3 is 15.5 Å². The number of rotatable bonds is 4. The molecule has 3 heterocycles. The molecular weight excluding hydrogens is 362 g/mol. The maximum Gasteiger partial charge on any atom is 0.134 e. The summed E-state index contributed by atoms with van der Waals surface area (Å²) in [5.74, 6) is 0.753. The van der Waals surface area contributed by atoms with E-state index >= 15 is 0 Å². The average molecular weight is 381 g/mol. The van der Waals surface area contributed by atoms with Crippen molar-refractivity contribution < 1.29 is 4.42 Å². The average Bonchev–Trinajstić information content (AvgIpc) is 3.35. The largest absolute Gasteiger partial charge is 0.464 e. The predicted molar refractivity (Wildman–Crippen MR) is 115 cm³/mol. The standard InChI is InChI=1S/C23H19N5O/c1-15-12-21(28(27-15)20-6-7-22-17(13-20)9-11-29-22)16-8-10-25-23(14-16)26-19-4-2-18(24)3-5-19/h2-14H,24H2,1H3,(H,25,26). The first kappa shape index (κ1) is 17.1. The molecule has 0 spiro atoms. The minimum Gasteiger partial charge on any atom is -0.464 e. The number of nitrogens with one attached hydrogen (secondary N) is 1. The summed E-state index contributed by atoms with van der Waals surface area (Å²) < 4.78 is 7.40. The van der Waals surface area contributed by atoms with Crippen LogP contribution in [0.4, 0.5) is 17.2 Å². The highest BCUT2D eigenvalue weighted by molar-refractivity contribution is 5.80. The first-order valence-electron chi connectivity index (χ1n) is 9.29. The van der Waals surface area contributed by atoms with E-state index in [1.54, 1.807) is 12.5 Å². The van der Waals surface area contributed by atoms with Crippen molar-refractivity contribution in [2.45, 2.75) is 6.92 Å². The molecule has 29 heavy (non-hydrogen) atoms. The third kappa shape index (κ3) is 3.32. The van der Waals surface area contributed by atoms with Gasteiger partial charge in [-0.3, -0.25) is 0 Å². The Morgan fingerprint density at radius 1 is 0.966 bits per heavy atom. The summed E-state index contributed by atoms with van der Waals surface area (Å²) in [7, 11) is 0. The summed E-state index contributed by atoms with van der Waals surface area (Å²) in [6.07, 6.45) is 3.49. The lowest BCUT2D eigenvalue weighted by molar-refractivity contribution is 0.616. The molecule has 0 atom stereocenters. The van der Waals surface area contributed by atoms with Gasteiger partial charge in [-0.05, 0) is 73.7 Å². The second-order valence-corrected chi connectivity index (χ2v) is 6.90. The van der Waals surface area contributed by atoms with Crippen molar-refractivity contribution in [1.82, 2.24) is 14.8 Å². The summed E-state index contributed by atoms with van der Waals surface area (Å²) in [4.78, 5) is 4.44. The third-order valence-corrected chi connectivity index (χ3v) is 4.75. The van der Waals surface area contributed by atoms with Crippen LogP contribution in [0.3, 0.4) is 0 Å². The third-order valence-electron chi connectivity index (χ3n) is 4.75. The van der Waals surface area contributed by atoms with Crippen LogP contribution in [0.2, 0.25) is 0 Å². The molecule has 5 rings (SSSR count). The lowest BCUT2D eigenvalue weighted by atomic mass is 10.1. The molecule has 0 aliphatic heterocycles. The molecule has 2 aromatic carbocycles. The van der Waals surface area contributed by atoms with E-state index in [-0.39, 0.29) is 0 Å². The fourth-order valence-electron chi connectivity index (χ4n) is 3.36. The number of fused-ring (bicyclic) bond motifs is 1. The zero-order valence-corrected chi connectivity index (χ0v) is 15.8. The normalized spacial score (nSPS) is 11.1. The van der Waals surface area contributed by atoms with Crippen LogP contribution >= 0.6 is 0 Å². The van der Waals surface area contributed by atoms with Crippen LogP contribution in [-0.4, -0.2) is 14.8 Å². The SMILES string of the molecule is Cc1cc(-c2ccnc(Nc3ccc(N)cc3)c2)n(-c2ccc3occc3c2)n1. The topological polar surface area (TPSA) is 81.9 Å². The van der Waals surface area contributed by atoms with Gasteiger partial charge >= 0.3 is 0 Å². The van der Waals surface area contributed by atoms with Crippen molar-refractivity contribution in [2.24, 2.45) is 0 Å². The highest BCUT2D eigenvalue weighted by atomic mass is 16.3. The van der Waals surface area contributed by atoms with Crippen molar-refractivity contribution in [3.8, 4) is 16.9 Å². The van der Waals surface area contributed by atoms with Crippen LogP contribution in [0, 0.1) is 6.92 Å². The van der Waals surface area contributed by atoms with Crippen molar-refractivity contribution in [3.05, 3.63) is 84.9 Å². The van der Waals surface area contributed by atoms with Crippen LogP contribution < -0.4 is 11.1 Å². The molecular formula is C23H19N5O. The van der Waals surface area contributed by atoms with Gasteiger partial charge in [-0.15, -0.1) is 0 Å². The number of hydrogen-bond donors (Lipinski definition) is 2. The molecule has 0 fully saturated rings. The van der Waals surface area contributed by atoms with E-state index in [1.807, 2.05) is 66.2 Å². The molecule has 6 nitrogen and oxygen atoms in total. The number of nitrogens with two attached hydrogens (primary N) is 1. The van der Waals surface area contributed by atoms with Crippen molar-refractivity contribution in [3.63, 3.8) is 0 Å². The molecule has 0 bridgehead atoms. The lowest BCUT2D eigenvalue weighted by Crippen LogP contribution is -2.00. The summed E-state index contributed by atoms with van der Waals surface area (Å²) in [5, 5.41) is 9.07. The van der Waals surface area contributed by atoms with Gasteiger partial charge in [0, 0.05) is 28.5 Å². The Hall–Kier alpha value is -4.06. The number of furan rings is 1. The number of nitrogens with zero attached hydrogens (tertiary/aromatic N) is 3. The van der Waals surface area contributed by atoms with E-state index in [1.165, 1.54) is 0 Å². The number of benzene rings is 2. The van der Waals surface area contributed by atoms with E-state index in [0.29, 0.717) is 0 Å². The Morgan fingerprint density at radius 3 is 2.69 bits per heavy atom. The fraction of sp³-hybridized carbons (Fsp3) is 0.0435. The van der Waals surface area contributed by atoms with Gasteiger partial charge in [0.2, 0.25) is 0 Å². The Bertz CT molecular complexity index is 1300. The van der Waals surface area contributed by atoms with Crippen molar-refractivity contribution in [2.75, 3.05) is 11.1 Å². The molecule has 0 aliphatic rings. The number of aryl methyl sites for hydroxylation is 1. The predicted octanol–water partition coefficient (Wildman–Crippen LogP) is 5.31. The quantitative estimate of drug-likeness (QED) is 0.412. The van der Waals surface area contributed by atoms with Crippen LogP contribution in [0.15, 0.2) is 83.6 Å². The Labute approximate surface area is 167 Å². The van der Waals surface area contributed by atoms with Gasteiger partial charge in [0.15, 0.2) is 0 Å². The molecule has 3 N–H and O–H groups in total. The number of nitrogen functional groups attached to an aromatic ring is 1. The summed E-state index contributed by atoms with van der Waals surface area (Å²) in [6, 6.07) is 21.6. The van der Waals surface area contributed by atoms with Gasteiger partial charge in [0.05, 0.1) is 23.3 Å². The molecule has 0 aliphatic carbocycles. The lowest BCUT2D eigenvalue weighted by Gasteiger charge is -2.10. The van der Waals surface area contributed by atoms with Crippen LogP contribution in [0.25, 0.3) is 27.9 Å². The molecule has 0 radical (unpaired) electrons. The number of hydrogen-bond acceptors (Lipinski definition) is 5. The van der Waals surface area contributed by atoms with E-state index < -0.39 is 0 Å². The highest BCUT2D eigenvalue weighted by Gasteiger charge is 2.12. The number of aromatic nitrogens is 3. The maximum atomic E-state index is 5.76. The Balaban J connectivity index is 1.53. The highest BCUT2D eigenvalue weighted by Crippen LogP contribution is 2.28. The molecule has 0 saturated heterocycles. The van der Waals surface area contributed by atoms with Gasteiger partial charge in [-0.1, -0.05) is 0 Å². The van der Waals surface area contributed by atoms with E-state index in [4.69, 9.17) is 15.2 Å². The minimum atomic E-state index is 0.728. The first-order chi connectivity index (χ1) is 14.2. The van der Waals surface area contributed by atoms with Crippen LogP contribution in [-0.2, 0) is 0 Å². The summed E-state index contributed by atoms with van der Waals surface area (Å²) in [6.45, 7) is 1.99. The molecule has 142 valence electrons. The summed E-state index contributed by atoms with van der Waals surface area (Å²) >= 11 is 0. The molecule has 3 aromatic heterocycles. The van der Waals surface area contributed by atoms with Crippen molar-refractivity contribution in [1.29, 1.82) is 0 Å². The molecule has 0 amide bonds. The molecule has 0 unspecified atom stereocenters. The Kier molecular flexibility index (Phi) is 4.02. The van der Waals surface area contributed by atoms with Crippen LogP contribution in [0.5, 0.6) is 0 Å². The Morgan fingerprint density at radius 2 is 1.83 bits per heavy atom. The smallest absolute Gasteiger partial charge is 0.134 e. The van der Waals surface area contributed by atoms with E-state index in [9.17, 15) is 0 Å². The van der Waals surface area contributed by atoms with Gasteiger partial charge in [-0.25, -0.2) is 9.67 Å². The van der Waals surface area contributed by atoms with E-state index in [0.717, 1.165) is 50.8 Å². The van der Waals surface area contributed by atoms with E-state index in [2.05, 4.69) is 22.4 Å². The molecule has 0 saturated carbocycles. The zero-order valence-electron chi connectivity index (χ0n) is 15.8. The second kappa shape index (κ2) is 6.83.